The fraction of sp³-hybridized carbons (Fsp3) is 0.273. The average Bonchev–Trinajstić information content (AvgIpc) is 2.78. The molecule has 0 aliphatic heterocycles. The van der Waals surface area contributed by atoms with Crippen LogP contribution in [0.3, 0.4) is 0 Å². The van der Waals surface area contributed by atoms with Crippen LogP contribution in [0.1, 0.15) is 12.7 Å². The Morgan fingerprint density at radius 2 is 2.29 bits per heavy atom. The Bertz CT molecular complexity index is 512. The van der Waals surface area contributed by atoms with Gasteiger partial charge in [0.05, 0.1) is 5.69 Å². The number of ether oxygens (including phenoxy) is 1. The molecular weight excluding hydrogens is 223 g/mol. The molecule has 1 aromatic carbocycles. The van der Waals surface area contributed by atoms with Crippen LogP contribution < -0.4 is 10.5 Å². The molecule has 17 heavy (non-hydrogen) atoms. The first-order valence-electron chi connectivity index (χ1n) is 5.25. The molecular formula is C11H13FN4O. The lowest BCUT2D eigenvalue weighted by molar-refractivity contribution is 0.286. The highest BCUT2D eigenvalue weighted by Crippen LogP contribution is 2.18. The van der Waals surface area contributed by atoms with Gasteiger partial charge in [-0.1, -0.05) is 0 Å². The van der Waals surface area contributed by atoms with Crippen molar-refractivity contribution in [3.63, 3.8) is 0 Å². The van der Waals surface area contributed by atoms with Gasteiger partial charge in [0.2, 0.25) is 0 Å². The van der Waals surface area contributed by atoms with Crippen molar-refractivity contribution in [1.82, 2.24) is 14.8 Å². The summed E-state index contributed by atoms with van der Waals surface area (Å²) in [6.45, 7) is 2.92. The maximum atomic E-state index is 13.2. The lowest BCUT2D eigenvalue weighted by Crippen LogP contribution is -2.07. The number of nitrogens with two attached hydrogens (primary N) is 1. The van der Waals surface area contributed by atoms with Crippen molar-refractivity contribution in [3.8, 4) is 5.75 Å². The molecule has 1 aromatic heterocycles. The van der Waals surface area contributed by atoms with E-state index in [0.717, 1.165) is 6.54 Å². The van der Waals surface area contributed by atoms with Gasteiger partial charge in [-0.2, -0.15) is 5.10 Å². The predicted molar refractivity (Wildman–Crippen MR) is 60.8 cm³/mol. The molecule has 5 nitrogen and oxygen atoms in total. The molecule has 0 saturated carbocycles. The highest BCUT2D eigenvalue weighted by molar-refractivity contribution is 5.43. The fourth-order valence-electron chi connectivity index (χ4n) is 1.41. The lowest BCUT2D eigenvalue weighted by Gasteiger charge is -2.07. The smallest absolute Gasteiger partial charge is 0.164 e. The largest absolute Gasteiger partial charge is 0.486 e. The number of hydrogen-bond donors (Lipinski definition) is 1. The first-order valence-corrected chi connectivity index (χ1v) is 5.25. The first kappa shape index (κ1) is 11.4. The zero-order chi connectivity index (χ0) is 12.3. The van der Waals surface area contributed by atoms with E-state index in [1.165, 1.54) is 18.5 Å². The second kappa shape index (κ2) is 4.82. The second-order valence-electron chi connectivity index (χ2n) is 3.46. The summed E-state index contributed by atoms with van der Waals surface area (Å²) in [5, 5.41) is 4.01. The SMILES string of the molecule is CCn1ncnc1COc1ccc(N)c(F)c1. The Morgan fingerprint density at radius 3 is 3.00 bits per heavy atom. The summed E-state index contributed by atoms with van der Waals surface area (Å²) in [6.07, 6.45) is 1.46. The van der Waals surface area contributed by atoms with Crippen molar-refractivity contribution in [2.45, 2.75) is 20.1 Å². The fourth-order valence-corrected chi connectivity index (χ4v) is 1.41. The van der Waals surface area contributed by atoms with Crippen molar-refractivity contribution in [2.75, 3.05) is 5.73 Å². The second-order valence-corrected chi connectivity index (χ2v) is 3.46. The van der Waals surface area contributed by atoms with E-state index in [9.17, 15) is 4.39 Å². The van der Waals surface area contributed by atoms with Crippen molar-refractivity contribution >= 4 is 5.69 Å². The highest BCUT2D eigenvalue weighted by atomic mass is 19.1. The molecule has 0 spiro atoms. The van der Waals surface area contributed by atoms with Crippen LogP contribution in [0.2, 0.25) is 0 Å². The van der Waals surface area contributed by atoms with Gasteiger partial charge in [-0.15, -0.1) is 0 Å². The molecule has 2 N–H and O–H groups in total. The number of aryl methyl sites for hydroxylation is 1. The van der Waals surface area contributed by atoms with E-state index in [1.807, 2.05) is 6.92 Å². The Hall–Kier alpha value is -2.11. The summed E-state index contributed by atoms with van der Waals surface area (Å²) in [5.41, 5.74) is 5.47. The molecule has 0 radical (unpaired) electrons. The Morgan fingerprint density at radius 1 is 1.47 bits per heavy atom. The summed E-state index contributed by atoms with van der Waals surface area (Å²) >= 11 is 0. The molecule has 0 atom stereocenters. The topological polar surface area (TPSA) is 66.0 Å². The minimum absolute atomic E-state index is 0.106. The monoisotopic (exact) mass is 236 g/mol. The number of benzene rings is 1. The Labute approximate surface area is 98.0 Å². The first-order chi connectivity index (χ1) is 8.20. The highest BCUT2D eigenvalue weighted by Gasteiger charge is 2.05. The van der Waals surface area contributed by atoms with E-state index in [0.29, 0.717) is 11.6 Å². The van der Waals surface area contributed by atoms with Crippen LogP contribution in [0.25, 0.3) is 0 Å². The summed E-state index contributed by atoms with van der Waals surface area (Å²) in [7, 11) is 0. The molecule has 0 unspecified atom stereocenters. The van der Waals surface area contributed by atoms with Gasteiger partial charge < -0.3 is 10.5 Å². The third-order valence-electron chi connectivity index (χ3n) is 2.34. The summed E-state index contributed by atoms with van der Waals surface area (Å²) in [5.74, 6) is 0.631. The number of nitrogens with zero attached hydrogens (tertiary/aromatic N) is 3. The van der Waals surface area contributed by atoms with Crippen LogP contribution in [-0.4, -0.2) is 14.8 Å². The Balaban J connectivity index is 2.05. The van der Waals surface area contributed by atoms with Gasteiger partial charge in [-0.3, -0.25) is 0 Å². The molecule has 0 aliphatic carbocycles. The summed E-state index contributed by atoms with van der Waals surface area (Å²) in [4.78, 5) is 4.05. The minimum Gasteiger partial charge on any atom is -0.486 e. The van der Waals surface area contributed by atoms with E-state index in [4.69, 9.17) is 10.5 Å². The molecule has 6 heteroatoms. The van der Waals surface area contributed by atoms with Crippen LogP contribution in [0.4, 0.5) is 10.1 Å². The van der Waals surface area contributed by atoms with Gasteiger partial charge in [0, 0.05) is 12.6 Å². The molecule has 0 bridgehead atoms. The normalized spacial score (nSPS) is 10.5. The van der Waals surface area contributed by atoms with Gasteiger partial charge in [0.1, 0.15) is 24.5 Å². The molecule has 90 valence electrons. The third kappa shape index (κ3) is 2.52. The number of aromatic nitrogens is 3. The molecule has 0 saturated heterocycles. The Kier molecular flexibility index (Phi) is 3.22. The van der Waals surface area contributed by atoms with Crippen molar-refractivity contribution in [1.29, 1.82) is 0 Å². The van der Waals surface area contributed by atoms with Crippen LogP contribution in [0.15, 0.2) is 24.5 Å². The van der Waals surface area contributed by atoms with E-state index < -0.39 is 5.82 Å². The van der Waals surface area contributed by atoms with Crippen LogP contribution in [0.5, 0.6) is 5.75 Å². The quantitative estimate of drug-likeness (QED) is 0.819. The van der Waals surface area contributed by atoms with E-state index in [2.05, 4.69) is 10.1 Å². The van der Waals surface area contributed by atoms with Crippen molar-refractivity contribution in [3.05, 3.63) is 36.2 Å². The van der Waals surface area contributed by atoms with Gasteiger partial charge in [0.25, 0.3) is 0 Å². The van der Waals surface area contributed by atoms with Gasteiger partial charge in [-0.05, 0) is 19.1 Å². The number of rotatable bonds is 4. The van der Waals surface area contributed by atoms with Gasteiger partial charge >= 0.3 is 0 Å². The zero-order valence-corrected chi connectivity index (χ0v) is 9.43. The number of anilines is 1. The van der Waals surface area contributed by atoms with E-state index >= 15 is 0 Å². The zero-order valence-electron chi connectivity index (χ0n) is 9.43. The van der Waals surface area contributed by atoms with Crippen LogP contribution >= 0.6 is 0 Å². The third-order valence-corrected chi connectivity index (χ3v) is 2.34. The summed E-state index contributed by atoms with van der Waals surface area (Å²) < 4.78 is 20.3. The van der Waals surface area contributed by atoms with E-state index in [1.54, 1.807) is 10.7 Å². The van der Waals surface area contributed by atoms with Gasteiger partial charge in [0.15, 0.2) is 5.82 Å². The number of hydrogen-bond acceptors (Lipinski definition) is 4. The number of halogens is 1. The lowest BCUT2D eigenvalue weighted by atomic mass is 10.3. The summed E-state index contributed by atoms with van der Waals surface area (Å²) in [6, 6.07) is 4.34. The molecule has 1 heterocycles. The average molecular weight is 236 g/mol. The van der Waals surface area contributed by atoms with Crippen molar-refractivity contribution in [2.24, 2.45) is 0 Å². The maximum Gasteiger partial charge on any atom is 0.164 e. The van der Waals surface area contributed by atoms with E-state index in [-0.39, 0.29) is 12.3 Å². The predicted octanol–water partition coefficient (Wildman–Crippen LogP) is 1.60. The minimum atomic E-state index is -0.487. The van der Waals surface area contributed by atoms with Crippen molar-refractivity contribution < 1.29 is 9.13 Å². The molecule has 0 fully saturated rings. The standard InChI is InChI=1S/C11H13FN4O/c1-2-16-11(14-7-15-16)6-17-8-3-4-10(13)9(12)5-8/h3-5,7H,2,6,13H2,1H3. The molecule has 2 rings (SSSR count). The van der Waals surface area contributed by atoms with Crippen LogP contribution in [0, 0.1) is 5.82 Å². The molecule has 2 aromatic rings. The number of nitrogen functional groups attached to an aromatic ring is 1. The van der Waals surface area contributed by atoms with Crippen LogP contribution in [-0.2, 0) is 13.2 Å². The molecule has 0 amide bonds. The molecule has 0 aliphatic rings. The maximum absolute atomic E-state index is 13.2. The van der Waals surface area contributed by atoms with Gasteiger partial charge in [-0.25, -0.2) is 14.1 Å².